The average Bonchev–Trinajstić information content (AvgIpc) is 2.72. The Labute approximate surface area is 163 Å². The third-order valence-corrected chi connectivity index (χ3v) is 4.03. The predicted octanol–water partition coefficient (Wildman–Crippen LogP) is 2.50. The molecule has 0 aliphatic carbocycles. The summed E-state index contributed by atoms with van der Waals surface area (Å²) in [5.74, 6) is 0.344. The first-order chi connectivity index (χ1) is 13.7. The predicted molar refractivity (Wildman–Crippen MR) is 109 cm³/mol. The standard InChI is InChI=1S/C21H21N5O2/c22-21-18(7-2-8-23-21)25-12-16-5-1-4-15(10-16)11-20(28)19-14-24-17(13-26-19)6-3-9-27/h1-8,10,13-14,25,27H,9,11-12H2,(H2,22,23)/b6-3+. The van der Waals surface area contributed by atoms with Crippen LogP contribution in [0.15, 0.2) is 61.1 Å². The maximum atomic E-state index is 12.5. The highest BCUT2D eigenvalue weighted by molar-refractivity contribution is 5.95. The number of aliphatic hydroxyl groups excluding tert-OH is 1. The fraction of sp³-hybridized carbons (Fsp3) is 0.143. The number of hydrogen-bond donors (Lipinski definition) is 3. The monoisotopic (exact) mass is 375 g/mol. The van der Waals surface area contributed by atoms with Crippen molar-refractivity contribution in [2.75, 3.05) is 17.7 Å². The summed E-state index contributed by atoms with van der Waals surface area (Å²) in [6, 6.07) is 11.5. The van der Waals surface area contributed by atoms with Gasteiger partial charge in [-0.2, -0.15) is 0 Å². The second kappa shape index (κ2) is 9.38. The molecule has 0 bridgehead atoms. The molecule has 0 saturated heterocycles. The second-order valence-electron chi connectivity index (χ2n) is 6.12. The Bertz CT molecular complexity index is 971. The Hall–Kier alpha value is -3.58. The van der Waals surface area contributed by atoms with Gasteiger partial charge in [-0.3, -0.25) is 9.78 Å². The summed E-state index contributed by atoms with van der Waals surface area (Å²) in [7, 11) is 0. The molecule has 0 unspecified atom stereocenters. The fourth-order valence-corrected chi connectivity index (χ4v) is 2.63. The Morgan fingerprint density at radius 2 is 1.96 bits per heavy atom. The molecule has 1 aromatic carbocycles. The third-order valence-electron chi connectivity index (χ3n) is 4.03. The smallest absolute Gasteiger partial charge is 0.187 e. The summed E-state index contributed by atoms with van der Waals surface area (Å²) in [5, 5.41) is 12.0. The molecule has 0 aliphatic rings. The van der Waals surface area contributed by atoms with Gasteiger partial charge in [0.05, 0.1) is 30.4 Å². The van der Waals surface area contributed by atoms with Crippen LogP contribution in [0.5, 0.6) is 0 Å². The molecular weight excluding hydrogens is 354 g/mol. The molecule has 7 nitrogen and oxygen atoms in total. The third kappa shape index (κ3) is 5.21. The van der Waals surface area contributed by atoms with E-state index in [1.807, 2.05) is 36.4 Å². The van der Waals surface area contributed by atoms with Crippen molar-refractivity contribution < 1.29 is 9.90 Å². The zero-order valence-corrected chi connectivity index (χ0v) is 15.2. The first-order valence-corrected chi connectivity index (χ1v) is 8.80. The van der Waals surface area contributed by atoms with Crippen molar-refractivity contribution >= 4 is 23.4 Å². The molecule has 0 atom stereocenters. The Balaban J connectivity index is 1.63. The van der Waals surface area contributed by atoms with Gasteiger partial charge in [0.25, 0.3) is 0 Å². The molecule has 0 radical (unpaired) electrons. The molecule has 0 aliphatic heterocycles. The van der Waals surface area contributed by atoms with Crippen LogP contribution in [0.3, 0.4) is 0 Å². The van der Waals surface area contributed by atoms with Gasteiger partial charge >= 0.3 is 0 Å². The van der Waals surface area contributed by atoms with Crippen LogP contribution >= 0.6 is 0 Å². The van der Waals surface area contributed by atoms with Crippen LogP contribution in [0.25, 0.3) is 6.08 Å². The van der Waals surface area contributed by atoms with Gasteiger partial charge in [-0.15, -0.1) is 0 Å². The molecule has 3 rings (SSSR count). The van der Waals surface area contributed by atoms with Gasteiger partial charge in [-0.05, 0) is 29.3 Å². The number of ketones is 1. The van der Waals surface area contributed by atoms with Gasteiger partial charge in [-0.1, -0.05) is 30.3 Å². The lowest BCUT2D eigenvalue weighted by atomic mass is 10.0. The second-order valence-corrected chi connectivity index (χ2v) is 6.12. The molecule has 28 heavy (non-hydrogen) atoms. The van der Waals surface area contributed by atoms with Crippen molar-refractivity contribution in [3.05, 3.63) is 83.6 Å². The minimum absolute atomic E-state index is 0.0685. The van der Waals surface area contributed by atoms with E-state index in [0.29, 0.717) is 23.8 Å². The molecule has 0 spiro atoms. The number of aromatic nitrogens is 3. The van der Waals surface area contributed by atoms with E-state index in [2.05, 4.69) is 20.3 Å². The van der Waals surface area contributed by atoms with Crippen molar-refractivity contribution in [3.63, 3.8) is 0 Å². The van der Waals surface area contributed by atoms with Gasteiger partial charge in [-0.25, -0.2) is 9.97 Å². The number of pyridine rings is 1. The highest BCUT2D eigenvalue weighted by Crippen LogP contribution is 2.16. The topological polar surface area (TPSA) is 114 Å². The first kappa shape index (κ1) is 19.2. The van der Waals surface area contributed by atoms with Crippen molar-refractivity contribution in [2.45, 2.75) is 13.0 Å². The number of hydrogen-bond acceptors (Lipinski definition) is 7. The van der Waals surface area contributed by atoms with E-state index in [9.17, 15) is 4.79 Å². The number of aliphatic hydroxyl groups is 1. The number of carbonyl (C=O) groups is 1. The molecule has 2 heterocycles. The summed E-state index contributed by atoms with van der Waals surface area (Å²) in [6.07, 6.45) is 8.05. The maximum absolute atomic E-state index is 12.5. The highest BCUT2D eigenvalue weighted by atomic mass is 16.2. The summed E-state index contributed by atoms with van der Waals surface area (Å²) in [4.78, 5) is 24.8. The number of rotatable bonds is 8. The normalized spacial score (nSPS) is 10.9. The van der Waals surface area contributed by atoms with Crippen LogP contribution in [0, 0.1) is 0 Å². The number of Topliss-reactive ketones (excluding diaryl/α,β-unsaturated/α-hetero) is 1. The molecule has 0 fully saturated rings. The van der Waals surface area contributed by atoms with Crippen LogP contribution in [-0.2, 0) is 13.0 Å². The molecular formula is C21H21N5O2. The number of nitrogens with two attached hydrogens (primary N) is 1. The molecule has 142 valence electrons. The highest BCUT2D eigenvalue weighted by Gasteiger charge is 2.10. The van der Waals surface area contributed by atoms with Crippen LogP contribution < -0.4 is 11.1 Å². The first-order valence-electron chi connectivity index (χ1n) is 8.80. The van der Waals surface area contributed by atoms with E-state index in [1.54, 1.807) is 18.3 Å². The lowest BCUT2D eigenvalue weighted by Crippen LogP contribution is -2.08. The number of nitrogens with zero attached hydrogens (tertiary/aromatic N) is 3. The Kier molecular flexibility index (Phi) is 6.43. The van der Waals surface area contributed by atoms with E-state index >= 15 is 0 Å². The Morgan fingerprint density at radius 1 is 1.11 bits per heavy atom. The minimum Gasteiger partial charge on any atom is -0.392 e. The summed E-state index contributed by atoms with van der Waals surface area (Å²) >= 11 is 0. The molecule has 4 N–H and O–H groups in total. The fourth-order valence-electron chi connectivity index (χ4n) is 2.63. The number of carbonyl (C=O) groups excluding carboxylic acids is 1. The van der Waals surface area contributed by atoms with E-state index in [0.717, 1.165) is 16.8 Å². The van der Waals surface area contributed by atoms with Gasteiger partial charge in [0.15, 0.2) is 5.78 Å². The summed E-state index contributed by atoms with van der Waals surface area (Å²) in [6.45, 7) is 0.505. The van der Waals surface area contributed by atoms with Crippen molar-refractivity contribution in [2.24, 2.45) is 0 Å². The quantitative estimate of drug-likeness (QED) is 0.518. The van der Waals surface area contributed by atoms with Crippen molar-refractivity contribution in [1.82, 2.24) is 15.0 Å². The molecule has 2 aromatic heterocycles. The van der Waals surface area contributed by atoms with Gasteiger partial charge in [0.2, 0.25) is 0 Å². The molecule has 3 aromatic rings. The molecule has 0 amide bonds. The average molecular weight is 375 g/mol. The Morgan fingerprint density at radius 3 is 2.71 bits per heavy atom. The molecule has 7 heteroatoms. The van der Waals surface area contributed by atoms with Crippen molar-refractivity contribution in [3.8, 4) is 0 Å². The lowest BCUT2D eigenvalue weighted by Gasteiger charge is -2.09. The maximum Gasteiger partial charge on any atom is 0.187 e. The number of anilines is 2. The molecule has 0 saturated carbocycles. The minimum atomic E-state index is -0.105. The van der Waals surface area contributed by atoms with Crippen molar-refractivity contribution in [1.29, 1.82) is 0 Å². The van der Waals surface area contributed by atoms with Crippen LogP contribution in [0.4, 0.5) is 11.5 Å². The van der Waals surface area contributed by atoms with E-state index < -0.39 is 0 Å². The van der Waals surface area contributed by atoms with E-state index in [-0.39, 0.29) is 18.8 Å². The van der Waals surface area contributed by atoms with Gasteiger partial charge in [0, 0.05) is 19.2 Å². The zero-order chi connectivity index (χ0) is 19.8. The van der Waals surface area contributed by atoms with Crippen LogP contribution in [-0.4, -0.2) is 32.4 Å². The zero-order valence-electron chi connectivity index (χ0n) is 15.2. The summed E-state index contributed by atoms with van der Waals surface area (Å²) < 4.78 is 0. The van der Waals surface area contributed by atoms with Crippen LogP contribution in [0.2, 0.25) is 0 Å². The number of nitrogens with one attached hydrogen (secondary N) is 1. The van der Waals surface area contributed by atoms with Crippen LogP contribution in [0.1, 0.15) is 27.3 Å². The summed E-state index contributed by atoms with van der Waals surface area (Å²) in [5.41, 5.74) is 9.44. The van der Waals surface area contributed by atoms with Gasteiger partial charge < -0.3 is 16.2 Å². The van der Waals surface area contributed by atoms with Gasteiger partial charge in [0.1, 0.15) is 11.5 Å². The lowest BCUT2D eigenvalue weighted by molar-refractivity contribution is 0.0988. The van der Waals surface area contributed by atoms with E-state index in [1.165, 1.54) is 12.4 Å². The largest absolute Gasteiger partial charge is 0.392 e. The number of benzene rings is 1. The SMILES string of the molecule is Nc1ncccc1NCc1cccc(CC(=O)c2cnc(/C=C/CO)cn2)c1. The number of nitrogen functional groups attached to an aromatic ring is 1. The van der Waals surface area contributed by atoms with E-state index in [4.69, 9.17) is 10.8 Å².